The molecule has 20 heavy (non-hydrogen) atoms. The number of imidazole rings is 1. The Kier molecular flexibility index (Phi) is 4.49. The molecule has 1 N–H and O–H groups in total. The van der Waals surface area contributed by atoms with Gasteiger partial charge in [0.1, 0.15) is 0 Å². The van der Waals surface area contributed by atoms with Gasteiger partial charge in [-0.1, -0.05) is 17.8 Å². The van der Waals surface area contributed by atoms with Crippen LogP contribution < -0.4 is 5.32 Å². The van der Waals surface area contributed by atoms with Crippen molar-refractivity contribution in [2.45, 2.75) is 31.2 Å². The Balaban J connectivity index is 2.02. The van der Waals surface area contributed by atoms with Gasteiger partial charge in [-0.3, -0.25) is 4.79 Å². The number of hydrogen-bond donors (Lipinski definition) is 1. The van der Waals surface area contributed by atoms with E-state index >= 15 is 0 Å². The van der Waals surface area contributed by atoms with Gasteiger partial charge < -0.3 is 9.88 Å². The molecule has 0 spiro atoms. The number of nitrogens with zero attached hydrogens (tertiary/aromatic N) is 2. The quantitative estimate of drug-likeness (QED) is 0.880. The summed E-state index contributed by atoms with van der Waals surface area (Å²) in [5.74, 6) is -0.0111. The molecule has 2 aromatic rings. The van der Waals surface area contributed by atoms with Crippen molar-refractivity contribution in [1.82, 2.24) is 9.55 Å². The zero-order chi connectivity index (χ0) is 14.7. The number of carbonyl (C=O) groups is 1. The second kappa shape index (κ2) is 6.13. The van der Waals surface area contributed by atoms with Gasteiger partial charge in [0.25, 0.3) is 0 Å². The molecular formula is C15H19N3OS. The van der Waals surface area contributed by atoms with E-state index in [0.29, 0.717) is 0 Å². The lowest BCUT2D eigenvalue weighted by Crippen LogP contribution is -2.22. The zero-order valence-corrected chi connectivity index (χ0v) is 13.0. The van der Waals surface area contributed by atoms with Gasteiger partial charge in [0, 0.05) is 25.1 Å². The molecule has 1 atom stereocenters. The molecular weight excluding hydrogens is 270 g/mol. The molecule has 106 valence electrons. The highest BCUT2D eigenvalue weighted by Crippen LogP contribution is 2.22. The predicted octanol–water partition coefficient (Wildman–Crippen LogP) is 3.16. The Hall–Kier alpha value is -1.75. The number of hydrogen-bond acceptors (Lipinski definition) is 3. The molecule has 1 aromatic carbocycles. The molecule has 1 unspecified atom stereocenters. The average Bonchev–Trinajstić information content (AvgIpc) is 2.73. The normalized spacial score (nSPS) is 12.2. The fourth-order valence-corrected chi connectivity index (χ4v) is 2.80. The van der Waals surface area contributed by atoms with Crippen LogP contribution in [-0.4, -0.2) is 20.7 Å². The Morgan fingerprint density at radius 1 is 1.30 bits per heavy atom. The van der Waals surface area contributed by atoms with E-state index in [0.717, 1.165) is 22.0 Å². The number of aromatic nitrogens is 2. The molecule has 1 aromatic heterocycles. The molecule has 0 aliphatic rings. The molecule has 0 saturated heterocycles. The highest BCUT2D eigenvalue weighted by molar-refractivity contribution is 8.00. The summed E-state index contributed by atoms with van der Waals surface area (Å²) in [7, 11) is 1.92. The van der Waals surface area contributed by atoms with Gasteiger partial charge in [-0.15, -0.1) is 0 Å². The summed E-state index contributed by atoms with van der Waals surface area (Å²) in [6.07, 6.45) is 3.60. The molecule has 0 aliphatic carbocycles. The summed E-state index contributed by atoms with van der Waals surface area (Å²) >= 11 is 1.45. The van der Waals surface area contributed by atoms with E-state index in [2.05, 4.69) is 16.4 Å². The van der Waals surface area contributed by atoms with Crippen LogP contribution in [0.15, 0.2) is 35.7 Å². The highest BCUT2D eigenvalue weighted by atomic mass is 32.2. The van der Waals surface area contributed by atoms with Crippen LogP contribution >= 0.6 is 11.8 Å². The molecule has 4 nitrogen and oxygen atoms in total. The zero-order valence-electron chi connectivity index (χ0n) is 12.2. The number of rotatable bonds is 4. The fourth-order valence-electron chi connectivity index (χ4n) is 1.97. The van der Waals surface area contributed by atoms with E-state index in [1.54, 1.807) is 6.20 Å². The minimum atomic E-state index is -0.197. The molecule has 0 radical (unpaired) electrons. The smallest absolute Gasteiger partial charge is 0.237 e. The van der Waals surface area contributed by atoms with E-state index in [1.165, 1.54) is 11.8 Å². The minimum absolute atomic E-state index is 0.0111. The van der Waals surface area contributed by atoms with E-state index in [1.807, 2.05) is 50.7 Å². The van der Waals surface area contributed by atoms with Crippen LogP contribution in [0.3, 0.4) is 0 Å². The maximum Gasteiger partial charge on any atom is 0.237 e. The molecule has 1 amide bonds. The standard InChI is InChI=1S/C15H19N3OS/c1-10-7-11(2)9-13(8-10)17-14(19)12(3)20-15-16-5-6-18(15)4/h5-9,12H,1-4H3,(H,17,19). The Labute approximate surface area is 123 Å². The number of carbonyl (C=O) groups excluding carboxylic acids is 1. The van der Waals surface area contributed by atoms with Crippen molar-refractivity contribution in [2.75, 3.05) is 5.32 Å². The van der Waals surface area contributed by atoms with E-state index < -0.39 is 0 Å². The van der Waals surface area contributed by atoms with Gasteiger partial charge in [0.15, 0.2) is 5.16 Å². The van der Waals surface area contributed by atoms with Crippen molar-refractivity contribution >= 4 is 23.4 Å². The van der Waals surface area contributed by atoms with Gasteiger partial charge in [-0.2, -0.15) is 0 Å². The second-order valence-electron chi connectivity index (χ2n) is 4.95. The van der Waals surface area contributed by atoms with Crippen molar-refractivity contribution < 1.29 is 4.79 Å². The number of anilines is 1. The van der Waals surface area contributed by atoms with Crippen molar-refractivity contribution in [3.8, 4) is 0 Å². The first-order valence-corrected chi connectivity index (χ1v) is 7.37. The number of amides is 1. The average molecular weight is 289 g/mol. The summed E-state index contributed by atoms with van der Waals surface area (Å²) < 4.78 is 1.91. The first-order chi connectivity index (χ1) is 9.45. The van der Waals surface area contributed by atoms with Crippen molar-refractivity contribution in [3.63, 3.8) is 0 Å². The topological polar surface area (TPSA) is 46.9 Å². The number of benzene rings is 1. The minimum Gasteiger partial charge on any atom is -0.329 e. The molecule has 0 saturated carbocycles. The maximum absolute atomic E-state index is 12.2. The SMILES string of the molecule is Cc1cc(C)cc(NC(=O)C(C)Sc2nccn2C)c1. The fraction of sp³-hybridized carbons (Fsp3) is 0.333. The summed E-state index contributed by atoms with van der Waals surface area (Å²) in [5, 5.41) is 3.60. The van der Waals surface area contributed by atoms with Crippen LogP contribution in [0.1, 0.15) is 18.1 Å². The molecule has 5 heteroatoms. The summed E-state index contributed by atoms with van der Waals surface area (Å²) in [4.78, 5) is 16.4. The lowest BCUT2D eigenvalue weighted by atomic mass is 10.1. The van der Waals surface area contributed by atoms with Crippen LogP contribution in [0.4, 0.5) is 5.69 Å². The lowest BCUT2D eigenvalue weighted by Gasteiger charge is -2.12. The van der Waals surface area contributed by atoms with Crippen LogP contribution in [0.5, 0.6) is 0 Å². The summed E-state index contributed by atoms with van der Waals surface area (Å²) in [6, 6.07) is 6.04. The maximum atomic E-state index is 12.2. The van der Waals surface area contributed by atoms with E-state index in [4.69, 9.17) is 0 Å². The van der Waals surface area contributed by atoms with Crippen molar-refractivity contribution in [1.29, 1.82) is 0 Å². The van der Waals surface area contributed by atoms with Gasteiger partial charge in [-0.25, -0.2) is 4.98 Å². The number of nitrogens with one attached hydrogen (secondary N) is 1. The largest absolute Gasteiger partial charge is 0.329 e. The highest BCUT2D eigenvalue weighted by Gasteiger charge is 2.16. The van der Waals surface area contributed by atoms with Crippen molar-refractivity contribution in [3.05, 3.63) is 41.7 Å². The van der Waals surface area contributed by atoms with Gasteiger partial charge in [0.2, 0.25) is 5.91 Å². The Morgan fingerprint density at radius 2 is 1.95 bits per heavy atom. The third-order valence-corrected chi connectivity index (χ3v) is 4.09. The summed E-state index contributed by atoms with van der Waals surface area (Å²) in [5.41, 5.74) is 3.13. The lowest BCUT2D eigenvalue weighted by molar-refractivity contribution is -0.115. The molecule has 0 aliphatic heterocycles. The third-order valence-electron chi connectivity index (χ3n) is 2.92. The van der Waals surface area contributed by atoms with Crippen LogP contribution in [0.2, 0.25) is 0 Å². The monoisotopic (exact) mass is 289 g/mol. The second-order valence-corrected chi connectivity index (χ2v) is 6.25. The van der Waals surface area contributed by atoms with Gasteiger partial charge in [-0.05, 0) is 44.0 Å². The summed E-state index contributed by atoms with van der Waals surface area (Å²) in [6.45, 7) is 5.93. The van der Waals surface area contributed by atoms with Crippen molar-refractivity contribution in [2.24, 2.45) is 7.05 Å². The number of thioether (sulfide) groups is 1. The third kappa shape index (κ3) is 3.63. The number of aryl methyl sites for hydroxylation is 3. The molecule has 0 bridgehead atoms. The van der Waals surface area contributed by atoms with Crippen LogP contribution in [0, 0.1) is 13.8 Å². The molecule has 0 fully saturated rings. The van der Waals surface area contributed by atoms with Crippen LogP contribution in [0.25, 0.3) is 0 Å². The van der Waals surface area contributed by atoms with E-state index in [-0.39, 0.29) is 11.2 Å². The van der Waals surface area contributed by atoms with Gasteiger partial charge in [0.05, 0.1) is 5.25 Å². The Bertz CT molecular complexity index is 601. The first kappa shape index (κ1) is 14.7. The van der Waals surface area contributed by atoms with E-state index in [9.17, 15) is 4.79 Å². The molecule has 1 heterocycles. The van der Waals surface area contributed by atoms with Gasteiger partial charge >= 0.3 is 0 Å². The Morgan fingerprint density at radius 3 is 2.50 bits per heavy atom. The molecule has 2 rings (SSSR count). The van der Waals surface area contributed by atoms with Crippen LogP contribution in [-0.2, 0) is 11.8 Å². The first-order valence-electron chi connectivity index (χ1n) is 6.49. The predicted molar refractivity (Wildman–Crippen MR) is 83.1 cm³/mol.